The molecule has 0 aliphatic heterocycles. The van der Waals surface area contributed by atoms with Gasteiger partial charge in [-0.2, -0.15) is 0 Å². The van der Waals surface area contributed by atoms with E-state index < -0.39 is 5.60 Å². The summed E-state index contributed by atoms with van der Waals surface area (Å²) in [5, 5.41) is 9.63. The Balaban J connectivity index is 3.62. The van der Waals surface area contributed by atoms with Gasteiger partial charge in [0.15, 0.2) is 0 Å². The van der Waals surface area contributed by atoms with Crippen molar-refractivity contribution < 1.29 is 9.90 Å². The first-order chi connectivity index (χ1) is 6.02. The highest BCUT2D eigenvalue weighted by atomic mass is 16.3. The van der Waals surface area contributed by atoms with Gasteiger partial charge in [0.25, 0.3) is 0 Å². The summed E-state index contributed by atoms with van der Waals surface area (Å²) in [4.78, 5) is 11.3. The van der Waals surface area contributed by atoms with Gasteiger partial charge in [0, 0.05) is 12.8 Å². The molecule has 0 spiro atoms. The van der Waals surface area contributed by atoms with Gasteiger partial charge in [-0.25, -0.2) is 0 Å². The van der Waals surface area contributed by atoms with Crippen LogP contribution in [0.3, 0.4) is 0 Å². The molecular formula is C11H22O2. The molecule has 0 amide bonds. The minimum atomic E-state index is -0.788. The van der Waals surface area contributed by atoms with E-state index in [4.69, 9.17) is 0 Å². The minimum Gasteiger partial charge on any atom is -0.390 e. The van der Waals surface area contributed by atoms with Crippen LogP contribution in [0.1, 0.15) is 59.3 Å². The zero-order valence-electron chi connectivity index (χ0n) is 9.10. The fraction of sp³-hybridized carbons (Fsp3) is 0.909. The molecule has 0 rings (SSSR count). The van der Waals surface area contributed by atoms with Crippen molar-refractivity contribution >= 4 is 5.78 Å². The van der Waals surface area contributed by atoms with Crippen LogP contribution in [0.4, 0.5) is 0 Å². The Morgan fingerprint density at radius 2 is 1.92 bits per heavy atom. The average molecular weight is 186 g/mol. The predicted octanol–water partition coefficient (Wildman–Crippen LogP) is 2.69. The van der Waals surface area contributed by atoms with Crippen LogP contribution < -0.4 is 0 Å². The van der Waals surface area contributed by atoms with Crippen molar-refractivity contribution in [2.45, 2.75) is 64.9 Å². The summed E-state index contributed by atoms with van der Waals surface area (Å²) < 4.78 is 0. The molecule has 0 saturated heterocycles. The van der Waals surface area contributed by atoms with Gasteiger partial charge in [-0.05, 0) is 19.8 Å². The predicted molar refractivity (Wildman–Crippen MR) is 54.7 cm³/mol. The van der Waals surface area contributed by atoms with E-state index >= 15 is 0 Å². The molecule has 0 aromatic heterocycles. The fourth-order valence-electron chi connectivity index (χ4n) is 1.21. The highest BCUT2D eigenvalue weighted by Crippen LogP contribution is 2.16. The van der Waals surface area contributed by atoms with E-state index in [1.165, 1.54) is 0 Å². The zero-order chi connectivity index (χ0) is 10.3. The number of Topliss-reactive ketones (excluding diaryl/α,β-unsaturated/α-hetero) is 1. The molecule has 0 heterocycles. The number of unbranched alkanes of at least 4 members (excludes halogenated alkanes) is 2. The molecule has 78 valence electrons. The van der Waals surface area contributed by atoms with Crippen molar-refractivity contribution in [2.24, 2.45) is 0 Å². The second kappa shape index (κ2) is 6.14. The summed E-state index contributed by atoms with van der Waals surface area (Å²) in [7, 11) is 0. The molecule has 0 fully saturated rings. The van der Waals surface area contributed by atoms with Crippen molar-refractivity contribution in [3.8, 4) is 0 Å². The van der Waals surface area contributed by atoms with Crippen molar-refractivity contribution in [2.75, 3.05) is 0 Å². The maximum absolute atomic E-state index is 11.3. The van der Waals surface area contributed by atoms with Crippen molar-refractivity contribution in [1.29, 1.82) is 0 Å². The van der Waals surface area contributed by atoms with Crippen molar-refractivity contribution in [3.05, 3.63) is 0 Å². The lowest BCUT2D eigenvalue weighted by atomic mass is 9.94. The molecule has 0 bridgehead atoms. The largest absolute Gasteiger partial charge is 0.390 e. The summed E-state index contributed by atoms with van der Waals surface area (Å²) in [5.41, 5.74) is -0.788. The third-order valence-electron chi connectivity index (χ3n) is 2.40. The number of carbonyl (C=O) groups excluding carboxylic acids is 1. The zero-order valence-corrected chi connectivity index (χ0v) is 9.10. The summed E-state index contributed by atoms with van der Waals surface area (Å²) in [6.07, 6.45) is 4.80. The van der Waals surface area contributed by atoms with E-state index in [9.17, 15) is 9.90 Å². The molecule has 2 heteroatoms. The van der Waals surface area contributed by atoms with Gasteiger partial charge in [0.1, 0.15) is 5.78 Å². The Kier molecular flexibility index (Phi) is 5.97. The number of rotatable bonds is 7. The maximum Gasteiger partial charge on any atom is 0.135 e. The van der Waals surface area contributed by atoms with Gasteiger partial charge in [-0.1, -0.05) is 26.7 Å². The number of hydrogen-bond acceptors (Lipinski definition) is 2. The SMILES string of the molecule is CCCCCC(=O)CC(C)(O)CC. The first kappa shape index (κ1) is 12.6. The molecule has 1 N–H and O–H groups in total. The van der Waals surface area contributed by atoms with E-state index in [-0.39, 0.29) is 5.78 Å². The van der Waals surface area contributed by atoms with Crippen LogP contribution in [0.15, 0.2) is 0 Å². The molecule has 0 aromatic carbocycles. The Hall–Kier alpha value is -0.370. The monoisotopic (exact) mass is 186 g/mol. The van der Waals surface area contributed by atoms with Crippen LogP contribution in [0.5, 0.6) is 0 Å². The lowest BCUT2D eigenvalue weighted by Gasteiger charge is -2.19. The second-order valence-electron chi connectivity index (χ2n) is 4.02. The Labute approximate surface area is 81.3 Å². The lowest BCUT2D eigenvalue weighted by molar-refractivity contribution is -0.123. The van der Waals surface area contributed by atoms with Crippen LogP contribution in [-0.2, 0) is 4.79 Å². The van der Waals surface area contributed by atoms with Crippen molar-refractivity contribution in [3.63, 3.8) is 0 Å². The Bertz CT molecular complexity index is 150. The summed E-state index contributed by atoms with van der Waals surface area (Å²) in [5.74, 6) is 0.195. The molecule has 0 saturated carbocycles. The van der Waals surface area contributed by atoms with Crippen LogP contribution >= 0.6 is 0 Å². The number of ketones is 1. The highest BCUT2D eigenvalue weighted by Gasteiger charge is 2.21. The topological polar surface area (TPSA) is 37.3 Å². The first-order valence-electron chi connectivity index (χ1n) is 5.26. The van der Waals surface area contributed by atoms with Crippen LogP contribution in [0, 0.1) is 0 Å². The van der Waals surface area contributed by atoms with E-state index in [1.54, 1.807) is 6.92 Å². The van der Waals surface area contributed by atoms with Gasteiger partial charge in [-0.3, -0.25) is 4.79 Å². The van der Waals surface area contributed by atoms with E-state index in [0.29, 0.717) is 19.3 Å². The normalized spacial score (nSPS) is 15.4. The number of carbonyl (C=O) groups is 1. The summed E-state index contributed by atoms with van der Waals surface area (Å²) in [6, 6.07) is 0. The smallest absolute Gasteiger partial charge is 0.135 e. The van der Waals surface area contributed by atoms with Crippen LogP contribution in [0.25, 0.3) is 0 Å². The number of hydrogen-bond donors (Lipinski definition) is 1. The molecule has 1 atom stereocenters. The molecule has 1 unspecified atom stereocenters. The quantitative estimate of drug-likeness (QED) is 0.621. The van der Waals surface area contributed by atoms with E-state index in [1.807, 2.05) is 6.92 Å². The Morgan fingerprint density at radius 3 is 2.38 bits per heavy atom. The highest BCUT2D eigenvalue weighted by molar-refractivity contribution is 5.79. The number of aliphatic hydroxyl groups is 1. The van der Waals surface area contributed by atoms with Crippen molar-refractivity contribution in [1.82, 2.24) is 0 Å². The summed E-state index contributed by atoms with van der Waals surface area (Å²) >= 11 is 0. The second-order valence-corrected chi connectivity index (χ2v) is 4.02. The van der Waals surface area contributed by atoms with E-state index in [2.05, 4.69) is 6.92 Å². The van der Waals surface area contributed by atoms with Gasteiger partial charge in [-0.15, -0.1) is 0 Å². The van der Waals surface area contributed by atoms with Gasteiger partial charge >= 0.3 is 0 Å². The van der Waals surface area contributed by atoms with Gasteiger partial charge in [0.05, 0.1) is 5.60 Å². The molecule has 2 nitrogen and oxygen atoms in total. The van der Waals surface area contributed by atoms with Crippen LogP contribution in [0.2, 0.25) is 0 Å². The summed E-state index contributed by atoms with van der Waals surface area (Å²) in [6.45, 7) is 5.75. The minimum absolute atomic E-state index is 0.195. The van der Waals surface area contributed by atoms with Gasteiger partial charge in [0.2, 0.25) is 0 Å². The maximum atomic E-state index is 11.3. The fourth-order valence-corrected chi connectivity index (χ4v) is 1.21. The van der Waals surface area contributed by atoms with Crippen LogP contribution in [-0.4, -0.2) is 16.5 Å². The average Bonchev–Trinajstić information content (AvgIpc) is 2.04. The molecule has 0 aromatic rings. The molecule has 0 radical (unpaired) electrons. The molecular weight excluding hydrogens is 164 g/mol. The Morgan fingerprint density at radius 1 is 1.31 bits per heavy atom. The lowest BCUT2D eigenvalue weighted by Crippen LogP contribution is -2.26. The first-order valence-corrected chi connectivity index (χ1v) is 5.26. The third-order valence-corrected chi connectivity index (χ3v) is 2.40. The third kappa shape index (κ3) is 6.76. The molecule has 0 aliphatic carbocycles. The standard InChI is InChI=1S/C11H22O2/c1-4-6-7-8-10(12)9-11(3,13)5-2/h13H,4-9H2,1-3H3. The molecule has 13 heavy (non-hydrogen) atoms. The van der Waals surface area contributed by atoms with E-state index in [0.717, 1.165) is 19.3 Å². The van der Waals surface area contributed by atoms with Gasteiger partial charge < -0.3 is 5.11 Å². The molecule has 0 aliphatic rings.